The van der Waals surface area contributed by atoms with Crippen LogP contribution in [0.2, 0.25) is 0 Å². The second-order valence-corrected chi connectivity index (χ2v) is 14.3. The molecule has 5 amide bonds. The van der Waals surface area contributed by atoms with Gasteiger partial charge >= 0.3 is 0 Å². The predicted molar refractivity (Wildman–Crippen MR) is 176 cm³/mol. The van der Waals surface area contributed by atoms with Crippen LogP contribution >= 0.6 is 23.5 Å². The van der Waals surface area contributed by atoms with E-state index in [1.807, 2.05) is 45.9 Å². The van der Waals surface area contributed by atoms with E-state index in [4.69, 9.17) is 15.5 Å². The number of thioether (sulfide) groups is 2. The van der Waals surface area contributed by atoms with Gasteiger partial charge in [0.25, 0.3) is 0 Å². The van der Waals surface area contributed by atoms with Gasteiger partial charge in [-0.2, -0.15) is 23.5 Å². The van der Waals surface area contributed by atoms with E-state index >= 15 is 0 Å². The highest BCUT2D eigenvalue weighted by molar-refractivity contribution is 7.98. The number of hydrogen-bond acceptors (Lipinski definition) is 9. The molecule has 2 bridgehead atoms. The van der Waals surface area contributed by atoms with Gasteiger partial charge in [0.05, 0.1) is 11.4 Å². The lowest BCUT2D eigenvalue weighted by Crippen LogP contribution is -2.65. The topological polar surface area (TPSA) is 182 Å². The number of aromatic nitrogens is 1. The third kappa shape index (κ3) is 11.2. The van der Waals surface area contributed by atoms with Gasteiger partial charge in [0.1, 0.15) is 23.7 Å². The minimum absolute atomic E-state index is 0.0399. The quantitative estimate of drug-likeness (QED) is 0.313. The first-order chi connectivity index (χ1) is 21.4. The van der Waals surface area contributed by atoms with Crippen molar-refractivity contribution in [2.45, 2.75) is 95.0 Å². The van der Waals surface area contributed by atoms with Crippen LogP contribution in [0.4, 0.5) is 0 Å². The predicted octanol–water partition coefficient (Wildman–Crippen LogP) is 1.65. The Balaban J connectivity index is 1.92. The Kier molecular flexibility index (Phi) is 14.4. The molecular weight excluding hydrogens is 617 g/mol. The van der Waals surface area contributed by atoms with Crippen molar-refractivity contribution in [3.63, 3.8) is 0 Å². The molecule has 3 heterocycles. The van der Waals surface area contributed by atoms with Crippen molar-refractivity contribution in [3.8, 4) is 0 Å². The average Bonchev–Trinajstić information content (AvgIpc) is 3.00. The number of ether oxygens (including phenoxy) is 1. The molecule has 12 nitrogen and oxygen atoms in total. The van der Waals surface area contributed by atoms with Gasteiger partial charge in [0.15, 0.2) is 0 Å². The molecule has 250 valence electrons. The monoisotopic (exact) mass is 664 g/mol. The molecule has 45 heavy (non-hydrogen) atoms. The molecule has 4 atom stereocenters. The normalized spacial score (nSPS) is 25.1. The molecule has 0 radical (unpaired) electrons. The van der Waals surface area contributed by atoms with Crippen LogP contribution in [0.3, 0.4) is 0 Å². The largest absolute Gasteiger partial charge is 0.381 e. The molecule has 6 N–H and O–H groups in total. The molecule has 3 rings (SSSR count). The average molecular weight is 665 g/mol. The highest BCUT2D eigenvalue weighted by atomic mass is 32.2. The lowest BCUT2D eigenvalue weighted by Gasteiger charge is -2.38. The fourth-order valence-corrected chi connectivity index (χ4v) is 7.00. The van der Waals surface area contributed by atoms with E-state index in [-0.39, 0.29) is 42.8 Å². The van der Waals surface area contributed by atoms with E-state index in [1.54, 1.807) is 11.8 Å². The Bertz CT molecular complexity index is 1190. The molecule has 1 saturated heterocycles. The maximum Gasteiger partial charge on any atom is 0.246 e. The molecule has 1 aromatic heterocycles. The van der Waals surface area contributed by atoms with Crippen LogP contribution in [0.1, 0.15) is 71.2 Å². The molecule has 0 saturated carbocycles. The van der Waals surface area contributed by atoms with Crippen molar-refractivity contribution in [2.24, 2.45) is 17.6 Å². The van der Waals surface area contributed by atoms with Crippen LogP contribution in [-0.2, 0) is 40.2 Å². The Labute approximate surface area is 274 Å². The smallest absolute Gasteiger partial charge is 0.246 e. The van der Waals surface area contributed by atoms with Gasteiger partial charge in [-0.25, -0.2) is 0 Å². The fourth-order valence-electron chi connectivity index (χ4n) is 5.18. The van der Waals surface area contributed by atoms with Crippen molar-refractivity contribution in [2.75, 3.05) is 24.7 Å². The number of nitrogens with zero attached hydrogens (tertiary/aromatic N) is 1. The molecule has 1 aromatic rings. The number of amides is 5. The van der Waals surface area contributed by atoms with Crippen LogP contribution in [0.5, 0.6) is 0 Å². The molecule has 0 aromatic carbocycles. The van der Waals surface area contributed by atoms with Crippen LogP contribution in [0.15, 0.2) is 18.2 Å². The first-order valence-corrected chi connectivity index (χ1v) is 17.9. The van der Waals surface area contributed by atoms with E-state index in [1.165, 1.54) is 11.8 Å². The summed E-state index contributed by atoms with van der Waals surface area (Å²) >= 11 is 2.99. The molecule has 2 aliphatic heterocycles. The number of carbonyl (C=O) groups is 5. The SMILES string of the molecule is CC[C@H](C)[C@@H]1NC(=O)C(CC(C)C)NC(=O)C2(CCOCC2)NC(=O)CCSCc2cccc(n2)CSC[C@@H](C(N)=O)NC1=O. The highest BCUT2D eigenvalue weighted by Crippen LogP contribution is 2.23. The van der Waals surface area contributed by atoms with Gasteiger partial charge in [-0.3, -0.25) is 29.0 Å². The maximum atomic E-state index is 13.9. The zero-order valence-electron chi connectivity index (χ0n) is 26.7. The van der Waals surface area contributed by atoms with Gasteiger partial charge in [-0.05, 0) is 30.4 Å². The maximum absolute atomic E-state index is 13.9. The minimum atomic E-state index is -1.22. The summed E-state index contributed by atoms with van der Waals surface area (Å²) in [7, 11) is 0. The summed E-state index contributed by atoms with van der Waals surface area (Å²) < 4.78 is 5.51. The minimum Gasteiger partial charge on any atom is -0.381 e. The van der Waals surface area contributed by atoms with Crippen LogP contribution in [0.25, 0.3) is 0 Å². The zero-order chi connectivity index (χ0) is 33.0. The van der Waals surface area contributed by atoms with Gasteiger partial charge in [0, 0.05) is 55.5 Å². The number of fused-ring (bicyclic) bond motifs is 2. The summed E-state index contributed by atoms with van der Waals surface area (Å²) in [4.78, 5) is 71.2. The molecule has 0 aliphatic carbocycles. The third-order valence-electron chi connectivity index (χ3n) is 8.06. The Hall–Kier alpha value is -2.84. The number of carbonyl (C=O) groups excluding carboxylic acids is 5. The van der Waals surface area contributed by atoms with E-state index in [2.05, 4.69) is 21.3 Å². The lowest BCUT2D eigenvalue weighted by molar-refractivity contribution is -0.140. The summed E-state index contributed by atoms with van der Waals surface area (Å²) in [6.07, 6.45) is 1.65. The van der Waals surface area contributed by atoms with Crippen molar-refractivity contribution in [1.82, 2.24) is 26.3 Å². The number of primary amides is 1. The van der Waals surface area contributed by atoms with E-state index in [0.29, 0.717) is 43.3 Å². The Morgan fingerprint density at radius 1 is 1.02 bits per heavy atom. The second kappa shape index (κ2) is 17.7. The molecule has 2 aliphatic rings. The summed E-state index contributed by atoms with van der Waals surface area (Å²) in [6.45, 7) is 8.19. The Morgan fingerprint density at radius 2 is 1.69 bits per heavy atom. The van der Waals surface area contributed by atoms with E-state index in [0.717, 1.165) is 11.4 Å². The number of pyridine rings is 1. The molecule has 1 spiro atoms. The Morgan fingerprint density at radius 3 is 2.31 bits per heavy atom. The summed E-state index contributed by atoms with van der Waals surface area (Å²) in [5.74, 6) is -0.765. The summed E-state index contributed by atoms with van der Waals surface area (Å²) in [6, 6.07) is 2.86. The number of nitrogens with one attached hydrogen (secondary N) is 4. The number of nitrogens with two attached hydrogens (primary N) is 1. The lowest BCUT2D eigenvalue weighted by atomic mass is 9.87. The van der Waals surface area contributed by atoms with Crippen molar-refractivity contribution in [3.05, 3.63) is 29.6 Å². The molecule has 1 fully saturated rings. The number of rotatable bonds is 5. The summed E-state index contributed by atoms with van der Waals surface area (Å²) in [5.41, 5.74) is 6.13. The van der Waals surface area contributed by atoms with Crippen LogP contribution < -0.4 is 27.0 Å². The van der Waals surface area contributed by atoms with Gasteiger partial charge in [0.2, 0.25) is 29.5 Å². The first-order valence-electron chi connectivity index (χ1n) is 15.6. The fraction of sp³-hybridized carbons (Fsp3) is 0.677. The summed E-state index contributed by atoms with van der Waals surface area (Å²) in [5, 5.41) is 11.5. The zero-order valence-corrected chi connectivity index (χ0v) is 28.3. The van der Waals surface area contributed by atoms with Crippen molar-refractivity contribution >= 4 is 53.1 Å². The third-order valence-corrected chi connectivity index (χ3v) is 10.1. The van der Waals surface area contributed by atoms with Gasteiger partial charge < -0.3 is 31.7 Å². The van der Waals surface area contributed by atoms with Crippen LogP contribution in [0, 0.1) is 11.8 Å². The first kappa shape index (κ1) is 36.6. The van der Waals surface area contributed by atoms with E-state index < -0.39 is 47.3 Å². The van der Waals surface area contributed by atoms with E-state index in [9.17, 15) is 24.0 Å². The van der Waals surface area contributed by atoms with Crippen molar-refractivity contribution < 1.29 is 28.7 Å². The van der Waals surface area contributed by atoms with Crippen LogP contribution in [-0.4, -0.2) is 82.9 Å². The molecule has 14 heteroatoms. The molecular formula is C31H48N6O6S2. The number of hydrogen-bond donors (Lipinski definition) is 5. The standard InChI is InChI=1S/C31H48N6O6S2/c1-5-20(4)26-29(41)34-24(27(32)39)18-45-17-22-8-6-7-21(33-22)16-44-14-9-25(38)37-31(10-12-43-13-11-31)30(42)35-23(15-19(2)3)28(40)36-26/h6-8,19-20,23-24,26H,5,9-18H2,1-4H3,(H2,32,39)(H,34,41)(H,35,42)(H,36,40)(H,37,38)/t20-,23?,24-,26-/m0/s1. The highest BCUT2D eigenvalue weighted by Gasteiger charge is 2.43. The second-order valence-electron chi connectivity index (χ2n) is 12.2. The molecule has 1 unspecified atom stereocenters. The van der Waals surface area contributed by atoms with Gasteiger partial charge in [-0.15, -0.1) is 0 Å². The van der Waals surface area contributed by atoms with Crippen molar-refractivity contribution in [1.29, 1.82) is 0 Å². The van der Waals surface area contributed by atoms with Gasteiger partial charge in [-0.1, -0.05) is 40.2 Å².